The Morgan fingerprint density at radius 1 is 1.26 bits per heavy atom. The lowest BCUT2D eigenvalue weighted by molar-refractivity contribution is -0.143. The zero-order chi connectivity index (χ0) is 14.6. The average Bonchev–Trinajstić information content (AvgIpc) is 2.27. The molecule has 1 rings (SSSR count). The first-order valence-electron chi connectivity index (χ1n) is 6.95. The van der Waals surface area contributed by atoms with Crippen molar-refractivity contribution < 1.29 is 14.7 Å². The van der Waals surface area contributed by atoms with Gasteiger partial charge >= 0.3 is 12.0 Å². The van der Waals surface area contributed by atoms with Crippen LogP contribution in [0.1, 0.15) is 46.5 Å². The van der Waals surface area contributed by atoms with Gasteiger partial charge in [-0.1, -0.05) is 33.6 Å². The molecule has 1 saturated carbocycles. The summed E-state index contributed by atoms with van der Waals surface area (Å²) in [4.78, 5) is 24.9. The summed E-state index contributed by atoms with van der Waals surface area (Å²) in [5.74, 6) is -1.25. The second-order valence-electron chi connectivity index (χ2n) is 6.70. The van der Waals surface area contributed by atoms with E-state index in [4.69, 9.17) is 0 Å². The maximum absolute atomic E-state index is 12.1. The molecule has 0 heterocycles. The van der Waals surface area contributed by atoms with E-state index in [-0.39, 0.29) is 17.5 Å². The predicted molar refractivity (Wildman–Crippen MR) is 74.0 cm³/mol. The maximum Gasteiger partial charge on any atom is 0.317 e. The van der Waals surface area contributed by atoms with Crippen molar-refractivity contribution in [3.05, 3.63) is 0 Å². The number of nitrogens with zero attached hydrogens (tertiary/aromatic N) is 1. The summed E-state index contributed by atoms with van der Waals surface area (Å²) in [5.41, 5.74) is 0.0326. The Hall–Kier alpha value is -1.26. The largest absolute Gasteiger partial charge is 0.481 e. The lowest BCUT2D eigenvalue weighted by Crippen LogP contribution is -2.50. The smallest absolute Gasteiger partial charge is 0.317 e. The third-order valence-electron chi connectivity index (χ3n) is 3.45. The molecule has 2 unspecified atom stereocenters. The van der Waals surface area contributed by atoms with Gasteiger partial charge in [-0.2, -0.15) is 0 Å². The van der Waals surface area contributed by atoms with Gasteiger partial charge in [-0.05, 0) is 18.3 Å². The van der Waals surface area contributed by atoms with Gasteiger partial charge in [-0.3, -0.25) is 4.79 Å². The number of hydrogen-bond donors (Lipinski definition) is 2. The van der Waals surface area contributed by atoms with E-state index in [0.29, 0.717) is 13.0 Å². The van der Waals surface area contributed by atoms with Crippen LogP contribution in [0.5, 0.6) is 0 Å². The maximum atomic E-state index is 12.1. The van der Waals surface area contributed by atoms with Crippen LogP contribution >= 0.6 is 0 Å². The van der Waals surface area contributed by atoms with Crippen LogP contribution in [-0.2, 0) is 4.79 Å². The minimum Gasteiger partial charge on any atom is -0.481 e. The highest BCUT2D eigenvalue weighted by Gasteiger charge is 2.32. The van der Waals surface area contributed by atoms with Crippen molar-refractivity contribution in [2.45, 2.75) is 52.5 Å². The molecule has 2 atom stereocenters. The van der Waals surface area contributed by atoms with Crippen molar-refractivity contribution in [2.24, 2.45) is 11.3 Å². The number of carbonyl (C=O) groups is 2. The van der Waals surface area contributed by atoms with Crippen LogP contribution in [0.15, 0.2) is 0 Å². The van der Waals surface area contributed by atoms with Gasteiger partial charge in [0.25, 0.3) is 0 Å². The molecule has 0 aliphatic heterocycles. The Kier molecular flexibility index (Phi) is 5.20. The molecule has 0 spiro atoms. The summed E-state index contributed by atoms with van der Waals surface area (Å²) in [6, 6.07) is -0.408. The van der Waals surface area contributed by atoms with Crippen molar-refractivity contribution in [2.75, 3.05) is 13.6 Å². The number of carboxylic acid groups (broad SMARTS) is 1. The first kappa shape index (κ1) is 15.8. The number of hydrogen-bond acceptors (Lipinski definition) is 2. The highest BCUT2D eigenvalue weighted by atomic mass is 16.4. The monoisotopic (exact) mass is 270 g/mol. The molecular formula is C14H26N2O3. The van der Waals surface area contributed by atoms with Crippen LogP contribution in [0.4, 0.5) is 4.79 Å². The Labute approximate surface area is 115 Å². The standard InChI is InChI=1S/C14H26N2O3/c1-14(2,3)9-16(4)13(19)15-11-8-6-5-7-10(11)12(17)18/h10-11H,5-9H2,1-4H3,(H,15,19)(H,17,18). The van der Waals surface area contributed by atoms with Crippen molar-refractivity contribution in [1.29, 1.82) is 0 Å². The molecule has 0 aromatic heterocycles. The van der Waals surface area contributed by atoms with Crippen LogP contribution in [0, 0.1) is 11.3 Å². The number of rotatable bonds is 3. The number of aliphatic carboxylic acids is 1. The molecule has 1 aliphatic carbocycles. The SMILES string of the molecule is CN(CC(C)(C)C)C(=O)NC1CCCCC1C(=O)O. The second-order valence-corrected chi connectivity index (χ2v) is 6.70. The van der Waals surface area contributed by atoms with Crippen LogP contribution in [0.3, 0.4) is 0 Å². The Morgan fingerprint density at radius 2 is 1.84 bits per heavy atom. The number of nitrogens with one attached hydrogen (secondary N) is 1. The molecule has 19 heavy (non-hydrogen) atoms. The fraction of sp³-hybridized carbons (Fsp3) is 0.857. The van der Waals surface area contributed by atoms with Crippen LogP contribution in [0.25, 0.3) is 0 Å². The molecule has 1 aliphatic rings. The highest BCUT2D eigenvalue weighted by molar-refractivity contribution is 5.76. The van der Waals surface area contributed by atoms with Gasteiger partial charge in [0.1, 0.15) is 0 Å². The molecule has 0 radical (unpaired) electrons. The molecule has 5 heteroatoms. The normalized spacial score (nSPS) is 23.8. The van der Waals surface area contributed by atoms with E-state index in [1.165, 1.54) is 0 Å². The van der Waals surface area contributed by atoms with Crippen LogP contribution in [-0.4, -0.2) is 41.6 Å². The van der Waals surface area contributed by atoms with Crippen LogP contribution in [0.2, 0.25) is 0 Å². The summed E-state index contributed by atoms with van der Waals surface area (Å²) in [6.07, 6.45) is 3.33. The Morgan fingerprint density at radius 3 is 2.37 bits per heavy atom. The zero-order valence-corrected chi connectivity index (χ0v) is 12.4. The first-order chi connectivity index (χ1) is 8.70. The van der Waals surface area contributed by atoms with E-state index in [1.54, 1.807) is 11.9 Å². The molecule has 0 aromatic carbocycles. The van der Waals surface area contributed by atoms with Crippen molar-refractivity contribution in [1.82, 2.24) is 10.2 Å². The fourth-order valence-electron chi connectivity index (χ4n) is 2.65. The summed E-state index contributed by atoms with van der Waals surface area (Å²) in [6.45, 7) is 6.84. The molecule has 5 nitrogen and oxygen atoms in total. The predicted octanol–water partition coefficient (Wildman–Crippen LogP) is 2.32. The first-order valence-corrected chi connectivity index (χ1v) is 6.95. The lowest BCUT2D eigenvalue weighted by atomic mass is 9.84. The van der Waals surface area contributed by atoms with Gasteiger partial charge in [-0.25, -0.2) is 4.79 Å². The minimum atomic E-state index is -0.802. The van der Waals surface area contributed by atoms with Gasteiger partial charge in [0.05, 0.1) is 5.92 Å². The fourth-order valence-corrected chi connectivity index (χ4v) is 2.65. The molecule has 2 N–H and O–H groups in total. The van der Waals surface area contributed by atoms with Crippen molar-refractivity contribution in [3.63, 3.8) is 0 Å². The van der Waals surface area contributed by atoms with Gasteiger partial charge in [0.15, 0.2) is 0 Å². The number of amides is 2. The summed E-state index contributed by atoms with van der Waals surface area (Å²) in [5, 5.41) is 12.1. The Bertz CT molecular complexity index is 336. The molecule has 0 saturated heterocycles. The van der Waals surface area contributed by atoms with E-state index in [2.05, 4.69) is 26.1 Å². The number of carbonyl (C=O) groups excluding carboxylic acids is 1. The van der Waals surface area contributed by atoms with E-state index < -0.39 is 11.9 Å². The van der Waals surface area contributed by atoms with Gasteiger partial charge < -0.3 is 15.3 Å². The second kappa shape index (κ2) is 6.26. The summed E-state index contributed by atoms with van der Waals surface area (Å²) >= 11 is 0. The highest BCUT2D eigenvalue weighted by Crippen LogP contribution is 2.25. The van der Waals surface area contributed by atoms with E-state index in [0.717, 1.165) is 19.3 Å². The molecule has 0 bridgehead atoms. The molecule has 110 valence electrons. The third kappa shape index (κ3) is 5.09. The zero-order valence-electron chi connectivity index (χ0n) is 12.4. The van der Waals surface area contributed by atoms with Crippen molar-refractivity contribution in [3.8, 4) is 0 Å². The minimum absolute atomic E-state index is 0.0326. The Balaban J connectivity index is 2.56. The van der Waals surface area contributed by atoms with Gasteiger partial charge in [-0.15, -0.1) is 0 Å². The van der Waals surface area contributed by atoms with Gasteiger partial charge in [0, 0.05) is 19.6 Å². The number of urea groups is 1. The van der Waals surface area contributed by atoms with Gasteiger partial charge in [0.2, 0.25) is 0 Å². The summed E-state index contributed by atoms with van der Waals surface area (Å²) in [7, 11) is 1.75. The van der Waals surface area contributed by atoms with E-state index in [9.17, 15) is 14.7 Å². The molecular weight excluding hydrogens is 244 g/mol. The van der Waals surface area contributed by atoms with Crippen LogP contribution < -0.4 is 5.32 Å². The lowest BCUT2D eigenvalue weighted by Gasteiger charge is -2.32. The topological polar surface area (TPSA) is 69.6 Å². The van der Waals surface area contributed by atoms with Crippen molar-refractivity contribution >= 4 is 12.0 Å². The quantitative estimate of drug-likeness (QED) is 0.827. The average molecular weight is 270 g/mol. The van der Waals surface area contributed by atoms with E-state index >= 15 is 0 Å². The molecule has 1 fully saturated rings. The summed E-state index contributed by atoms with van der Waals surface area (Å²) < 4.78 is 0. The molecule has 0 aromatic rings. The third-order valence-corrected chi connectivity index (χ3v) is 3.45. The number of carboxylic acids is 1. The van der Waals surface area contributed by atoms with E-state index in [1.807, 2.05) is 0 Å². The molecule has 2 amide bonds.